The summed E-state index contributed by atoms with van der Waals surface area (Å²) in [6, 6.07) is 5.63. The van der Waals surface area contributed by atoms with Gasteiger partial charge in [-0.15, -0.1) is 0 Å². The summed E-state index contributed by atoms with van der Waals surface area (Å²) in [6.45, 7) is 8.77. The molecule has 0 saturated carbocycles. The molecule has 0 radical (unpaired) electrons. The fourth-order valence-electron chi connectivity index (χ4n) is 3.78. The molecule has 18 heteroatoms. The SMILES string of the molecule is C[C@H](C/C=C/B1OC(C)(C)C(C)(C)O1)OCc1ccc(OCCCC(F)(F)C(F)(F)C(F)(F)C(F)(F)C(F)(F)C(F)(F)F)cc1. The predicted molar refractivity (Wildman–Crippen MR) is 136 cm³/mol. The first-order chi connectivity index (χ1) is 20.1. The van der Waals surface area contributed by atoms with Crippen molar-refractivity contribution in [3.8, 4) is 5.75 Å². The number of alkyl halides is 13. The second kappa shape index (κ2) is 13.1. The zero-order chi connectivity index (χ0) is 34.9. The molecule has 0 bridgehead atoms. The average molecular weight is 678 g/mol. The highest BCUT2D eigenvalue weighted by atomic mass is 19.4. The van der Waals surface area contributed by atoms with Crippen molar-refractivity contribution in [1.82, 2.24) is 0 Å². The molecule has 1 aliphatic rings. The highest BCUT2D eigenvalue weighted by Gasteiger charge is 2.90. The summed E-state index contributed by atoms with van der Waals surface area (Å²) in [5, 5.41) is 0. The Bertz CT molecular complexity index is 1140. The highest BCUT2D eigenvalue weighted by Crippen LogP contribution is 2.60. The van der Waals surface area contributed by atoms with Crippen LogP contribution in [0.25, 0.3) is 0 Å². The molecule has 45 heavy (non-hydrogen) atoms. The first kappa shape index (κ1) is 39.0. The van der Waals surface area contributed by atoms with Crippen LogP contribution in [0.4, 0.5) is 57.1 Å². The van der Waals surface area contributed by atoms with Crippen LogP contribution in [-0.4, -0.2) is 66.8 Å². The maximum Gasteiger partial charge on any atom is 0.486 e. The van der Waals surface area contributed by atoms with Crippen molar-refractivity contribution in [3.05, 3.63) is 41.9 Å². The van der Waals surface area contributed by atoms with E-state index in [0.29, 0.717) is 12.0 Å². The van der Waals surface area contributed by atoms with Crippen LogP contribution in [0.2, 0.25) is 0 Å². The number of benzene rings is 1. The normalized spacial score (nSPS) is 18.9. The molecule has 1 aromatic rings. The van der Waals surface area contributed by atoms with Gasteiger partial charge in [0.25, 0.3) is 0 Å². The monoisotopic (exact) mass is 678 g/mol. The second-order valence-corrected chi connectivity index (χ2v) is 11.5. The van der Waals surface area contributed by atoms with Gasteiger partial charge >= 0.3 is 42.9 Å². The molecule has 0 aromatic heterocycles. The number of halogens is 13. The van der Waals surface area contributed by atoms with Crippen LogP contribution in [0.5, 0.6) is 5.75 Å². The van der Waals surface area contributed by atoms with Gasteiger partial charge in [-0.3, -0.25) is 0 Å². The van der Waals surface area contributed by atoms with E-state index in [-0.39, 0.29) is 18.5 Å². The van der Waals surface area contributed by atoms with Crippen LogP contribution in [-0.2, 0) is 20.7 Å². The third kappa shape index (κ3) is 8.03. The Kier molecular flexibility index (Phi) is 11.4. The van der Waals surface area contributed by atoms with Gasteiger partial charge in [0, 0.05) is 6.42 Å². The standard InChI is InChI=1S/C27H32BF13O4/c1-17(8-6-14-28-44-20(2,3)21(4,5)45-28)43-16-18-9-11-19(12-10-18)42-15-7-13-22(29,30)23(31,32)24(33,34)25(35,36)26(37,38)27(39,40)41/h6,9-12,14,17H,7-8,13,15-16H2,1-5H3/b14-6+/t17-/m1/s1. The smallest absolute Gasteiger partial charge is 0.486 e. The first-order valence-electron chi connectivity index (χ1n) is 13.4. The van der Waals surface area contributed by atoms with Gasteiger partial charge in [-0.1, -0.05) is 24.2 Å². The molecule has 4 nitrogen and oxygen atoms in total. The molecule has 0 unspecified atom stereocenters. The Morgan fingerprint density at radius 3 is 1.73 bits per heavy atom. The van der Waals surface area contributed by atoms with E-state index >= 15 is 0 Å². The summed E-state index contributed by atoms with van der Waals surface area (Å²) in [6.07, 6.45) is -8.81. The molecular weight excluding hydrogens is 646 g/mol. The molecule has 1 aromatic carbocycles. The zero-order valence-electron chi connectivity index (χ0n) is 24.7. The van der Waals surface area contributed by atoms with E-state index in [4.69, 9.17) is 18.8 Å². The van der Waals surface area contributed by atoms with E-state index in [2.05, 4.69) is 0 Å². The van der Waals surface area contributed by atoms with Gasteiger partial charge in [0.2, 0.25) is 0 Å². The molecule has 1 aliphatic heterocycles. The number of ether oxygens (including phenoxy) is 2. The lowest BCUT2D eigenvalue weighted by molar-refractivity contribution is -0.440. The third-order valence-corrected chi connectivity index (χ3v) is 7.39. The lowest BCUT2D eigenvalue weighted by Gasteiger charge is -2.39. The van der Waals surface area contributed by atoms with Gasteiger partial charge in [0.05, 0.1) is 30.5 Å². The number of hydrogen-bond donors (Lipinski definition) is 0. The van der Waals surface area contributed by atoms with Crippen LogP contribution >= 0.6 is 0 Å². The van der Waals surface area contributed by atoms with E-state index in [1.165, 1.54) is 24.3 Å². The molecule has 1 saturated heterocycles. The van der Waals surface area contributed by atoms with Crippen LogP contribution < -0.4 is 4.74 Å². The van der Waals surface area contributed by atoms with Gasteiger partial charge in [0.15, 0.2) is 0 Å². The Balaban J connectivity index is 1.85. The largest absolute Gasteiger partial charge is 0.494 e. The van der Waals surface area contributed by atoms with Crippen LogP contribution in [0, 0.1) is 0 Å². The summed E-state index contributed by atoms with van der Waals surface area (Å²) in [5.74, 6) is -35.1. The maximum absolute atomic E-state index is 13.9. The molecule has 1 atom stereocenters. The predicted octanol–water partition coefficient (Wildman–Crippen LogP) is 9.07. The molecule has 0 aliphatic carbocycles. The fourth-order valence-corrected chi connectivity index (χ4v) is 3.78. The highest BCUT2D eigenvalue weighted by molar-refractivity contribution is 6.51. The summed E-state index contributed by atoms with van der Waals surface area (Å²) < 4.78 is 194. The van der Waals surface area contributed by atoms with Crippen LogP contribution in [0.3, 0.4) is 0 Å². The summed E-state index contributed by atoms with van der Waals surface area (Å²) in [4.78, 5) is 0. The third-order valence-electron chi connectivity index (χ3n) is 7.39. The minimum Gasteiger partial charge on any atom is -0.494 e. The summed E-state index contributed by atoms with van der Waals surface area (Å²) >= 11 is 0. The van der Waals surface area contributed by atoms with Crippen molar-refractivity contribution in [3.63, 3.8) is 0 Å². The van der Waals surface area contributed by atoms with Crippen molar-refractivity contribution in [2.45, 2.75) is 114 Å². The molecule has 2 rings (SSSR count). The maximum atomic E-state index is 13.9. The van der Waals surface area contributed by atoms with Crippen LogP contribution in [0.15, 0.2) is 36.3 Å². The van der Waals surface area contributed by atoms with E-state index in [1.807, 2.05) is 40.7 Å². The zero-order valence-corrected chi connectivity index (χ0v) is 24.7. The molecule has 1 heterocycles. The Morgan fingerprint density at radius 2 is 1.24 bits per heavy atom. The Morgan fingerprint density at radius 1 is 0.756 bits per heavy atom. The van der Waals surface area contributed by atoms with Gasteiger partial charge in [-0.25, -0.2) is 0 Å². The van der Waals surface area contributed by atoms with E-state index in [9.17, 15) is 57.1 Å². The van der Waals surface area contributed by atoms with Crippen molar-refractivity contribution >= 4 is 7.12 Å². The Hall–Kier alpha value is -2.21. The lowest BCUT2D eigenvalue weighted by Crippen LogP contribution is -2.70. The molecule has 0 amide bonds. The van der Waals surface area contributed by atoms with Gasteiger partial charge < -0.3 is 18.8 Å². The molecule has 0 spiro atoms. The fraction of sp³-hybridized carbons (Fsp3) is 0.704. The quantitative estimate of drug-likeness (QED) is 0.105. The van der Waals surface area contributed by atoms with E-state index < -0.39 is 73.6 Å². The topological polar surface area (TPSA) is 36.9 Å². The van der Waals surface area contributed by atoms with Crippen molar-refractivity contribution in [2.24, 2.45) is 0 Å². The second-order valence-electron chi connectivity index (χ2n) is 11.5. The lowest BCUT2D eigenvalue weighted by atomic mass is 9.89. The Labute approximate surface area is 251 Å². The first-order valence-corrected chi connectivity index (χ1v) is 13.4. The average Bonchev–Trinajstić information content (AvgIpc) is 3.10. The van der Waals surface area contributed by atoms with Crippen molar-refractivity contribution in [2.75, 3.05) is 6.61 Å². The van der Waals surface area contributed by atoms with Gasteiger partial charge in [0.1, 0.15) is 5.75 Å². The van der Waals surface area contributed by atoms with Gasteiger partial charge in [-0.2, -0.15) is 57.1 Å². The van der Waals surface area contributed by atoms with E-state index in [0.717, 1.165) is 0 Å². The minimum absolute atomic E-state index is 0.00565. The van der Waals surface area contributed by atoms with Crippen LogP contribution in [0.1, 0.15) is 59.4 Å². The van der Waals surface area contributed by atoms with Gasteiger partial charge in [-0.05, 0) is 65.2 Å². The molecule has 258 valence electrons. The minimum atomic E-state index is -7.91. The molecule has 0 N–H and O–H groups in total. The molecular formula is C27H32BF13O4. The summed E-state index contributed by atoms with van der Waals surface area (Å²) in [5.41, 5.74) is -0.333. The van der Waals surface area contributed by atoms with Crippen molar-refractivity contribution in [1.29, 1.82) is 0 Å². The number of hydrogen-bond acceptors (Lipinski definition) is 4. The van der Waals surface area contributed by atoms with Crippen molar-refractivity contribution < 1.29 is 75.9 Å². The molecule has 1 fully saturated rings. The summed E-state index contributed by atoms with van der Waals surface area (Å²) in [7, 11) is -0.514. The number of rotatable bonds is 15. The van der Waals surface area contributed by atoms with E-state index in [1.54, 1.807) is 5.98 Å².